The van der Waals surface area contributed by atoms with E-state index in [1.54, 1.807) is 14.0 Å². The first-order valence-corrected chi connectivity index (χ1v) is 5.67. The van der Waals surface area contributed by atoms with Gasteiger partial charge in [0.1, 0.15) is 11.5 Å². The third-order valence-electron chi connectivity index (χ3n) is 2.87. The maximum atomic E-state index is 11.6. The summed E-state index contributed by atoms with van der Waals surface area (Å²) in [5.41, 5.74) is 1.96. The monoisotopic (exact) mass is 236 g/mol. The van der Waals surface area contributed by atoms with Gasteiger partial charge < -0.3 is 14.2 Å². The molecule has 0 fully saturated rings. The molecule has 2 rings (SSSR count). The van der Waals surface area contributed by atoms with Gasteiger partial charge in [0.05, 0.1) is 13.7 Å². The lowest BCUT2D eigenvalue weighted by Crippen LogP contribution is -2.27. The van der Waals surface area contributed by atoms with Gasteiger partial charge in [0, 0.05) is 12.0 Å². The fourth-order valence-corrected chi connectivity index (χ4v) is 2.03. The summed E-state index contributed by atoms with van der Waals surface area (Å²) in [7, 11) is 1.62. The second kappa shape index (κ2) is 4.65. The normalized spacial score (nSPS) is 17.2. The van der Waals surface area contributed by atoms with Crippen LogP contribution in [0.5, 0.6) is 11.5 Å². The van der Waals surface area contributed by atoms with Crippen LogP contribution in [0.15, 0.2) is 12.1 Å². The molecule has 0 saturated heterocycles. The molecule has 1 aliphatic heterocycles. The second-order valence-electron chi connectivity index (χ2n) is 3.94. The van der Waals surface area contributed by atoms with Gasteiger partial charge in [-0.3, -0.25) is 0 Å². The molecule has 4 nitrogen and oxygen atoms in total. The van der Waals surface area contributed by atoms with Crippen LogP contribution in [-0.2, 0) is 16.0 Å². The summed E-state index contributed by atoms with van der Waals surface area (Å²) in [6.45, 7) is 4.08. The van der Waals surface area contributed by atoms with Gasteiger partial charge >= 0.3 is 5.97 Å². The average molecular weight is 236 g/mol. The lowest BCUT2D eigenvalue weighted by molar-refractivity contribution is -0.150. The molecule has 1 aromatic carbocycles. The van der Waals surface area contributed by atoms with E-state index in [2.05, 4.69) is 0 Å². The molecule has 4 heteroatoms. The summed E-state index contributed by atoms with van der Waals surface area (Å²) in [6.07, 6.45) is 0.0506. The quantitative estimate of drug-likeness (QED) is 0.751. The van der Waals surface area contributed by atoms with Gasteiger partial charge in [-0.2, -0.15) is 0 Å². The van der Waals surface area contributed by atoms with Gasteiger partial charge in [-0.25, -0.2) is 4.79 Å². The third kappa shape index (κ3) is 2.07. The van der Waals surface area contributed by atoms with Crippen LogP contribution in [0.1, 0.15) is 18.1 Å². The van der Waals surface area contributed by atoms with Crippen molar-refractivity contribution in [3.63, 3.8) is 0 Å². The summed E-state index contributed by atoms with van der Waals surface area (Å²) >= 11 is 0. The Balaban J connectivity index is 2.22. The Morgan fingerprint density at radius 1 is 1.53 bits per heavy atom. The van der Waals surface area contributed by atoms with Crippen LogP contribution in [0.2, 0.25) is 0 Å². The molecule has 17 heavy (non-hydrogen) atoms. The molecular formula is C13H16O4. The molecule has 0 aromatic heterocycles. The number of esters is 1. The number of hydrogen-bond acceptors (Lipinski definition) is 4. The highest BCUT2D eigenvalue weighted by molar-refractivity contribution is 5.77. The van der Waals surface area contributed by atoms with Crippen molar-refractivity contribution in [3.8, 4) is 11.5 Å². The Morgan fingerprint density at radius 3 is 2.94 bits per heavy atom. The molecule has 0 aliphatic carbocycles. The Bertz CT molecular complexity index is 439. The van der Waals surface area contributed by atoms with Gasteiger partial charge in [-0.15, -0.1) is 0 Å². The number of ether oxygens (including phenoxy) is 3. The van der Waals surface area contributed by atoms with Crippen LogP contribution >= 0.6 is 0 Å². The minimum atomic E-state index is -0.518. The summed E-state index contributed by atoms with van der Waals surface area (Å²) < 4.78 is 15.8. The number of rotatable bonds is 3. The van der Waals surface area contributed by atoms with Gasteiger partial charge in [0.15, 0.2) is 6.10 Å². The van der Waals surface area contributed by atoms with E-state index in [4.69, 9.17) is 14.2 Å². The Kier molecular flexibility index (Phi) is 3.22. The Labute approximate surface area is 100 Å². The maximum absolute atomic E-state index is 11.6. The lowest BCUT2D eigenvalue weighted by Gasteiger charge is -2.11. The number of carbonyl (C=O) groups excluding carboxylic acids is 1. The zero-order chi connectivity index (χ0) is 12.4. The van der Waals surface area contributed by atoms with E-state index < -0.39 is 6.10 Å². The summed E-state index contributed by atoms with van der Waals surface area (Å²) in [6, 6.07) is 3.82. The van der Waals surface area contributed by atoms with E-state index in [9.17, 15) is 4.79 Å². The molecule has 1 atom stereocenters. The molecule has 1 aromatic rings. The molecule has 1 aliphatic rings. The zero-order valence-electron chi connectivity index (χ0n) is 10.3. The molecule has 0 amide bonds. The number of carbonyl (C=O) groups is 1. The SMILES string of the molecule is CCOC(=O)[C@@H]1Cc2ccc(OC)c(C)c2O1. The van der Waals surface area contributed by atoms with Crippen molar-refractivity contribution in [2.45, 2.75) is 26.4 Å². The van der Waals surface area contributed by atoms with Crippen molar-refractivity contribution in [2.75, 3.05) is 13.7 Å². The van der Waals surface area contributed by atoms with Gasteiger partial charge in [0.25, 0.3) is 0 Å². The molecule has 0 unspecified atom stereocenters. The predicted octanol–water partition coefficient (Wildman–Crippen LogP) is 1.87. The van der Waals surface area contributed by atoms with Crippen LogP contribution in [0.25, 0.3) is 0 Å². The summed E-state index contributed by atoms with van der Waals surface area (Å²) in [5.74, 6) is 1.22. The highest BCUT2D eigenvalue weighted by atomic mass is 16.6. The van der Waals surface area contributed by atoms with Crippen molar-refractivity contribution >= 4 is 5.97 Å². The second-order valence-corrected chi connectivity index (χ2v) is 3.94. The van der Waals surface area contributed by atoms with Crippen LogP contribution < -0.4 is 9.47 Å². The minimum Gasteiger partial charge on any atom is -0.496 e. The Hall–Kier alpha value is -1.71. The van der Waals surface area contributed by atoms with Crippen LogP contribution in [0.4, 0.5) is 0 Å². The number of methoxy groups -OCH3 is 1. The van der Waals surface area contributed by atoms with Crippen molar-refractivity contribution in [1.29, 1.82) is 0 Å². The molecule has 0 saturated carbocycles. The van der Waals surface area contributed by atoms with Crippen molar-refractivity contribution in [2.24, 2.45) is 0 Å². The van der Waals surface area contributed by atoms with E-state index in [0.717, 1.165) is 22.6 Å². The Morgan fingerprint density at radius 2 is 2.29 bits per heavy atom. The number of benzene rings is 1. The van der Waals surface area contributed by atoms with E-state index in [1.165, 1.54) is 0 Å². The fourth-order valence-electron chi connectivity index (χ4n) is 2.03. The van der Waals surface area contributed by atoms with E-state index in [-0.39, 0.29) is 5.97 Å². The van der Waals surface area contributed by atoms with Crippen molar-refractivity contribution in [1.82, 2.24) is 0 Å². The van der Waals surface area contributed by atoms with Gasteiger partial charge in [0.2, 0.25) is 0 Å². The first kappa shape index (κ1) is 11.8. The van der Waals surface area contributed by atoms with Crippen molar-refractivity contribution in [3.05, 3.63) is 23.3 Å². The third-order valence-corrected chi connectivity index (χ3v) is 2.87. The van der Waals surface area contributed by atoms with Crippen LogP contribution in [-0.4, -0.2) is 25.8 Å². The average Bonchev–Trinajstić information content (AvgIpc) is 2.75. The molecule has 0 radical (unpaired) electrons. The zero-order valence-corrected chi connectivity index (χ0v) is 10.3. The van der Waals surface area contributed by atoms with E-state index in [0.29, 0.717) is 13.0 Å². The molecule has 92 valence electrons. The topological polar surface area (TPSA) is 44.8 Å². The first-order chi connectivity index (χ1) is 8.17. The largest absolute Gasteiger partial charge is 0.496 e. The lowest BCUT2D eigenvalue weighted by atomic mass is 10.1. The summed E-state index contributed by atoms with van der Waals surface area (Å²) in [5, 5.41) is 0. The van der Waals surface area contributed by atoms with Crippen molar-refractivity contribution < 1.29 is 19.0 Å². The van der Waals surface area contributed by atoms with Crippen LogP contribution in [0.3, 0.4) is 0 Å². The fraction of sp³-hybridized carbons (Fsp3) is 0.462. The molecule has 0 spiro atoms. The van der Waals surface area contributed by atoms with E-state index >= 15 is 0 Å². The molecule has 0 N–H and O–H groups in total. The molecule has 0 bridgehead atoms. The smallest absolute Gasteiger partial charge is 0.347 e. The summed E-state index contributed by atoms with van der Waals surface area (Å²) in [4.78, 5) is 11.6. The first-order valence-electron chi connectivity index (χ1n) is 5.67. The maximum Gasteiger partial charge on any atom is 0.347 e. The number of fused-ring (bicyclic) bond motifs is 1. The van der Waals surface area contributed by atoms with Gasteiger partial charge in [-0.1, -0.05) is 6.07 Å². The van der Waals surface area contributed by atoms with E-state index in [1.807, 2.05) is 19.1 Å². The number of hydrogen-bond donors (Lipinski definition) is 0. The highest BCUT2D eigenvalue weighted by Crippen LogP contribution is 2.37. The standard InChI is InChI=1S/C13H16O4/c1-4-16-13(14)11-7-9-5-6-10(15-3)8(2)12(9)17-11/h5-6,11H,4,7H2,1-3H3/t11-/m0/s1. The molecular weight excluding hydrogens is 220 g/mol. The predicted molar refractivity (Wildman–Crippen MR) is 62.5 cm³/mol. The molecule has 1 heterocycles. The van der Waals surface area contributed by atoms with Gasteiger partial charge in [-0.05, 0) is 25.5 Å². The highest BCUT2D eigenvalue weighted by Gasteiger charge is 2.32. The van der Waals surface area contributed by atoms with Crippen LogP contribution in [0, 0.1) is 6.92 Å². The minimum absolute atomic E-state index is 0.304.